The number of hydrogen-bond donors (Lipinski definition) is 3. The molecule has 0 unspecified atom stereocenters. The van der Waals surface area contributed by atoms with Crippen molar-refractivity contribution < 1.29 is 5.11 Å². The molecular formula is C13H14N4OS. The molecule has 0 aliphatic heterocycles. The fourth-order valence-electron chi connectivity index (χ4n) is 1.88. The molecule has 6 heteroatoms. The zero-order valence-electron chi connectivity index (χ0n) is 10.2. The molecule has 19 heavy (non-hydrogen) atoms. The highest BCUT2D eigenvalue weighted by Crippen LogP contribution is 2.20. The number of aromatic nitrogens is 1. The highest BCUT2D eigenvalue weighted by molar-refractivity contribution is 7.80. The van der Waals surface area contributed by atoms with E-state index >= 15 is 0 Å². The molecule has 1 heterocycles. The molecule has 0 amide bonds. The summed E-state index contributed by atoms with van der Waals surface area (Å²) in [5.74, 6) is 0. The summed E-state index contributed by atoms with van der Waals surface area (Å²) in [5, 5.41) is 15.3. The summed E-state index contributed by atoms with van der Waals surface area (Å²) in [6.45, 7) is 0.0548. The van der Waals surface area contributed by atoms with Gasteiger partial charge in [0.25, 0.3) is 0 Å². The molecule has 0 aliphatic carbocycles. The van der Waals surface area contributed by atoms with E-state index in [1.54, 1.807) is 12.4 Å². The van der Waals surface area contributed by atoms with E-state index in [1.165, 1.54) is 0 Å². The van der Waals surface area contributed by atoms with Crippen LogP contribution in [0, 0.1) is 0 Å². The first-order valence-electron chi connectivity index (χ1n) is 5.78. The molecule has 2 aromatic rings. The van der Waals surface area contributed by atoms with E-state index < -0.39 is 0 Å². The van der Waals surface area contributed by atoms with Crippen LogP contribution in [0.2, 0.25) is 0 Å². The van der Waals surface area contributed by atoms with Gasteiger partial charge in [0.2, 0.25) is 0 Å². The summed E-state index contributed by atoms with van der Waals surface area (Å²) in [5.41, 5.74) is 9.42. The molecule has 1 aromatic carbocycles. The van der Waals surface area contributed by atoms with Gasteiger partial charge in [-0.15, -0.1) is 0 Å². The number of nitrogens with zero attached hydrogens (tertiary/aromatic N) is 2. The number of nitrogens with two attached hydrogens (primary N) is 1. The Morgan fingerprint density at radius 3 is 3.00 bits per heavy atom. The molecule has 0 spiro atoms. The van der Waals surface area contributed by atoms with Gasteiger partial charge in [-0.2, -0.15) is 5.10 Å². The van der Waals surface area contributed by atoms with Crippen molar-refractivity contribution in [3.63, 3.8) is 0 Å². The van der Waals surface area contributed by atoms with E-state index in [-0.39, 0.29) is 11.7 Å². The summed E-state index contributed by atoms with van der Waals surface area (Å²) in [6, 6.07) is 7.89. The van der Waals surface area contributed by atoms with Crippen molar-refractivity contribution in [3.8, 4) is 0 Å². The molecule has 1 aromatic heterocycles. The molecule has 0 saturated heterocycles. The molecule has 0 radical (unpaired) electrons. The summed E-state index contributed by atoms with van der Waals surface area (Å²) >= 11 is 4.66. The molecule has 0 saturated carbocycles. The molecule has 0 aliphatic rings. The number of hydrazone groups is 1. The summed E-state index contributed by atoms with van der Waals surface area (Å²) < 4.78 is 0. The topological polar surface area (TPSA) is 83.5 Å². The molecule has 0 atom stereocenters. The standard InChI is InChI=1S/C13H14N4OS/c14-13(19)17-16-8-12-11(5-6-18)10-4-2-1-3-9(10)7-15-12/h1-4,7-8,18H,5-6H2,(H3,14,17,19)/b16-8+. The highest BCUT2D eigenvalue weighted by atomic mass is 32.1. The number of benzene rings is 1. The number of pyridine rings is 1. The Labute approximate surface area is 116 Å². The van der Waals surface area contributed by atoms with Crippen LogP contribution in [0.3, 0.4) is 0 Å². The third-order valence-electron chi connectivity index (χ3n) is 2.66. The number of thiocarbonyl (C=S) groups is 1. The number of fused-ring (bicyclic) bond motifs is 1. The number of aliphatic hydroxyl groups excluding tert-OH is 1. The van der Waals surface area contributed by atoms with E-state index in [2.05, 4.69) is 27.7 Å². The van der Waals surface area contributed by atoms with Crippen molar-refractivity contribution in [2.75, 3.05) is 6.61 Å². The summed E-state index contributed by atoms with van der Waals surface area (Å²) in [6.07, 6.45) is 3.84. The van der Waals surface area contributed by atoms with Crippen LogP contribution in [0.4, 0.5) is 0 Å². The smallest absolute Gasteiger partial charge is 0.184 e. The van der Waals surface area contributed by atoms with Crippen molar-refractivity contribution in [3.05, 3.63) is 41.7 Å². The number of nitrogens with one attached hydrogen (secondary N) is 1. The number of aliphatic hydroxyl groups is 1. The molecule has 0 fully saturated rings. The van der Waals surface area contributed by atoms with Gasteiger partial charge in [0.05, 0.1) is 11.9 Å². The minimum absolute atomic E-state index is 0.0548. The number of rotatable bonds is 4. The minimum Gasteiger partial charge on any atom is -0.396 e. The van der Waals surface area contributed by atoms with Crippen LogP contribution in [-0.2, 0) is 6.42 Å². The maximum absolute atomic E-state index is 9.19. The van der Waals surface area contributed by atoms with Gasteiger partial charge in [0.15, 0.2) is 5.11 Å². The summed E-state index contributed by atoms with van der Waals surface area (Å²) in [4.78, 5) is 4.34. The second-order valence-electron chi connectivity index (χ2n) is 3.92. The Bertz CT molecular complexity index is 627. The average Bonchev–Trinajstić information content (AvgIpc) is 2.41. The first-order chi connectivity index (χ1) is 9.22. The van der Waals surface area contributed by atoms with Gasteiger partial charge in [0, 0.05) is 18.2 Å². The Balaban J connectivity index is 2.45. The Morgan fingerprint density at radius 1 is 1.47 bits per heavy atom. The van der Waals surface area contributed by atoms with E-state index in [4.69, 9.17) is 5.73 Å². The molecule has 4 N–H and O–H groups in total. The lowest BCUT2D eigenvalue weighted by Crippen LogP contribution is -2.24. The fraction of sp³-hybridized carbons (Fsp3) is 0.154. The van der Waals surface area contributed by atoms with Gasteiger partial charge in [0.1, 0.15) is 0 Å². The second kappa shape index (κ2) is 6.21. The van der Waals surface area contributed by atoms with Crippen LogP contribution in [0.25, 0.3) is 10.8 Å². The minimum atomic E-state index is 0.0548. The van der Waals surface area contributed by atoms with E-state index in [0.717, 1.165) is 16.3 Å². The average molecular weight is 274 g/mol. The van der Waals surface area contributed by atoms with Crippen molar-refractivity contribution in [1.82, 2.24) is 10.4 Å². The molecular weight excluding hydrogens is 260 g/mol. The van der Waals surface area contributed by atoms with Gasteiger partial charge in [-0.25, -0.2) is 0 Å². The van der Waals surface area contributed by atoms with Gasteiger partial charge in [-0.3, -0.25) is 10.4 Å². The molecule has 98 valence electrons. The van der Waals surface area contributed by atoms with E-state index in [0.29, 0.717) is 12.1 Å². The predicted molar refractivity (Wildman–Crippen MR) is 80.0 cm³/mol. The molecule has 2 rings (SSSR count). The fourth-order valence-corrected chi connectivity index (χ4v) is 1.93. The second-order valence-corrected chi connectivity index (χ2v) is 4.36. The van der Waals surface area contributed by atoms with Crippen LogP contribution in [0.15, 0.2) is 35.6 Å². The Kier molecular flexibility index (Phi) is 4.38. The van der Waals surface area contributed by atoms with E-state index in [9.17, 15) is 5.11 Å². The van der Waals surface area contributed by atoms with Gasteiger partial charge in [-0.05, 0) is 29.6 Å². The van der Waals surface area contributed by atoms with Crippen LogP contribution in [0.5, 0.6) is 0 Å². The lowest BCUT2D eigenvalue weighted by Gasteiger charge is -2.08. The van der Waals surface area contributed by atoms with Gasteiger partial charge in [-0.1, -0.05) is 24.3 Å². The van der Waals surface area contributed by atoms with E-state index in [1.807, 2.05) is 24.3 Å². The van der Waals surface area contributed by atoms with Gasteiger partial charge >= 0.3 is 0 Å². The van der Waals surface area contributed by atoms with Crippen molar-refractivity contribution in [2.45, 2.75) is 6.42 Å². The third kappa shape index (κ3) is 3.24. The van der Waals surface area contributed by atoms with Crippen LogP contribution in [0.1, 0.15) is 11.3 Å². The molecule has 0 bridgehead atoms. The maximum Gasteiger partial charge on any atom is 0.184 e. The third-order valence-corrected chi connectivity index (χ3v) is 2.75. The zero-order chi connectivity index (χ0) is 13.7. The SMILES string of the molecule is NC(=S)N/N=C/c1ncc2ccccc2c1CCO. The monoisotopic (exact) mass is 274 g/mol. The molecule has 5 nitrogen and oxygen atoms in total. The highest BCUT2D eigenvalue weighted by Gasteiger charge is 2.07. The lowest BCUT2D eigenvalue weighted by molar-refractivity contribution is 0.300. The predicted octanol–water partition coefficient (Wildman–Crippen LogP) is 0.937. The zero-order valence-corrected chi connectivity index (χ0v) is 11.0. The van der Waals surface area contributed by atoms with Crippen LogP contribution >= 0.6 is 12.2 Å². The van der Waals surface area contributed by atoms with Gasteiger partial charge < -0.3 is 10.8 Å². The van der Waals surface area contributed by atoms with Crippen LogP contribution < -0.4 is 11.2 Å². The van der Waals surface area contributed by atoms with Crippen molar-refractivity contribution in [1.29, 1.82) is 0 Å². The van der Waals surface area contributed by atoms with Crippen molar-refractivity contribution in [2.24, 2.45) is 10.8 Å². The quantitative estimate of drug-likeness (QED) is 0.439. The van der Waals surface area contributed by atoms with Crippen LogP contribution in [-0.4, -0.2) is 28.0 Å². The number of hydrogen-bond acceptors (Lipinski definition) is 4. The maximum atomic E-state index is 9.19. The largest absolute Gasteiger partial charge is 0.396 e. The Hall–Kier alpha value is -2.05. The van der Waals surface area contributed by atoms with Crippen molar-refractivity contribution >= 4 is 34.3 Å². The normalized spacial score (nSPS) is 11.0. The Morgan fingerprint density at radius 2 is 2.26 bits per heavy atom. The first kappa shape index (κ1) is 13.4. The summed E-state index contributed by atoms with van der Waals surface area (Å²) in [7, 11) is 0. The lowest BCUT2D eigenvalue weighted by atomic mass is 10.0. The first-order valence-corrected chi connectivity index (χ1v) is 6.19.